The molecular weight excluding hydrogens is 307 g/mol. The fraction of sp³-hybridized carbons (Fsp3) is 0. The van der Waals surface area contributed by atoms with Gasteiger partial charge < -0.3 is 9.73 Å². The first-order valence-electron chi connectivity index (χ1n) is 6.42. The molecule has 1 aromatic carbocycles. The molecule has 0 spiro atoms. The first-order chi connectivity index (χ1) is 10.7. The molecule has 4 rings (SSSR count). The van der Waals surface area contributed by atoms with E-state index in [-0.39, 0.29) is 0 Å². The van der Waals surface area contributed by atoms with E-state index in [1.807, 2.05) is 0 Å². The number of pyridine rings is 1. The van der Waals surface area contributed by atoms with Gasteiger partial charge in [-0.25, -0.2) is 14.4 Å². The third kappa shape index (κ3) is 2.14. The molecule has 0 aliphatic rings. The highest BCUT2D eigenvalue weighted by molar-refractivity contribution is 6.30. The molecule has 0 amide bonds. The van der Waals surface area contributed by atoms with Crippen LogP contribution < -0.4 is 5.32 Å². The molecule has 0 saturated heterocycles. The van der Waals surface area contributed by atoms with Crippen LogP contribution in [0.25, 0.3) is 22.2 Å². The van der Waals surface area contributed by atoms with Crippen molar-refractivity contribution < 1.29 is 8.81 Å². The van der Waals surface area contributed by atoms with Gasteiger partial charge in [0, 0.05) is 16.9 Å². The Hall–Kier alpha value is -2.73. The molecule has 5 nitrogen and oxygen atoms in total. The molecule has 1 N–H and O–H groups in total. The average Bonchev–Trinajstić information content (AvgIpc) is 2.86. The largest absolute Gasteiger partial charge is 0.449 e. The first-order valence-corrected chi connectivity index (χ1v) is 6.80. The lowest BCUT2D eigenvalue weighted by atomic mass is 10.3. The highest BCUT2D eigenvalue weighted by Gasteiger charge is 2.14. The second kappa shape index (κ2) is 4.92. The van der Waals surface area contributed by atoms with Gasteiger partial charge >= 0.3 is 0 Å². The van der Waals surface area contributed by atoms with Gasteiger partial charge in [-0.3, -0.25) is 4.98 Å². The monoisotopic (exact) mass is 314 g/mol. The summed E-state index contributed by atoms with van der Waals surface area (Å²) in [5.41, 5.74) is 2.78. The van der Waals surface area contributed by atoms with Crippen LogP contribution in [0.4, 0.5) is 15.9 Å². The molecule has 22 heavy (non-hydrogen) atoms. The van der Waals surface area contributed by atoms with Crippen LogP contribution in [0.5, 0.6) is 0 Å². The highest BCUT2D eigenvalue weighted by atomic mass is 35.5. The second-order valence-electron chi connectivity index (χ2n) is 4.64. The second-order valence-corrected chi connectivity index (χ2v) is 5.07. The minimum atomic E-state index is -0.438. The number of rotatable bonds is 2. The van der Waals surface area contributed by atoms with Crippen LogP contribution in [0.3, 0.4) is 0 Å². The zero-order valence-electron chi connectivity index (χ0n) is 11.0. The van der Waals surface area contributed by atoms with E-state index >= 15 is 0 Å². The van der Waals surface area contributed by atoms with Crippen LogP contribution in [0.15, 0.2) is 47.3 Å². The van der Waals surface area contributed by atoms with E-state index < -0.39 is 5.82 Å². The Morgan fingerprint density at radius 2 is 2.00 bits per heavy atom. The highest BCUT2D eigenvalue weighted by Crippen LogP contribution is 2.31. The maximum absolute atomic E-state index is 13.4. The molecule has 3 aromatic heterocycles. The molecule has 0 fully saturated rings. The van der Waals surface area contributed by atoms with E-state index in [4.69, 9.17) is 16.0 Å². The molecule has 4 aromatic rings. The number of anilines is 2. The topological polar surface area (TPSA) is 63.8 Å². The number of nitrogens with one attached hydrogen (secondary N) is 1. The lowest BCUT2D eigenvalue weighted by Gasteiger charge is -2.06. The maximum Gasteiger partial charge on any atom is 0.198 e. The normalized spacial score (nSPS) is 11.2. The van der Waals surface area contributed by atoms with E-state index in [9.17, 15) is 4.39 Å². The Labute approximate surface area is 128 Å². The molecule has 108 valence electrons. The molecule has 0 aliphatic heterocycles. The maximum atomic E-state index is 13.4. The van der Waals surface area contributed by atoms with Crippen molar-refractivity contribution in [2.75, 3.05) is 5.32 Å². The number of fused-ring (bicyclic) bond motifs is 3. The zero-order chi connectivity index (χ0) is 15.1. The van der Waals surface area contributed by atoms with Gasteiger partial charge in [-0.2, -0.15) is 0 Å². The number of aromatic nitrogens is 3. The Kier molecular flexibility index (Phi) is 2.90. The summed E-state index contributed by atoms with van der Waals surface area (Å²) < 4.78 is 19.2. The fourth-order valence-electron chi connectivity index (χ4n) is 2.25. The molecule has 0 saturated carbocycles. The summed E-state index contributed by atoms with van der Waals surface area (Å²) in [6, 6.07) is 7.72. The van der Waals surface area contributed by atoms with Crippen molar-refractivity contribution >= 4 is 45.3 Å². The molecule has 0 atom stereocenters. The van der Waals surface area contributed by atoms with E-state index in [1.165, 1.54) is 18.5 Å². The molecule has 0 bridgehead atoms. The summed E-state index contributed by atoms with van der Waals surface area (Å²) in [6.45, 7) is 0. The van der Waals surface area contributed by atoms with Crippen molar-refractivity contribution in [1.29, 1.82) is 0 Å². The zero-order valence-corrected chi connectivity index (χ0v) is 11.8. The molecule has 0 unspecified atom stereocenters. The quantitative estimate of drug-likeness (QED) is 0.597. The Morgan fingerprint density at radius 1 is 1.09 bits per heavy atom. The number of halogens is 2. The smallest absolute Gasteiger partial charge is 0.198 e. The van der Waals surface area contributed by atoms with Crippen LogP contribution in [0, 0.1) is 5.82 Å². The Morgan fingerprint density at radius 3 is 2.86 bits per heavy atom. The van der Waals surface area contributed by atoms with Crippen LogP contribution in [-0.4, -0.2) is 15.0 Å². The van der Waals surface area contributed by atoms with Crippen molar-refractivity contribution in [3.8, 4) is 0 Å². The van der Waals surface area contributed by atoms with E-state index in [0.29, 0.717) is 38.7 Å². The van der Waals surface area contributed by atoms with Crippen LogP contribution >= 0.6 is 11.6 Å². The van der Waals surface area contributed by atoms with E-state index in [1.54, 1.807) is 24.4 Å². The summed E-state index contributed by atoms with van der Waals surface area (Å²) >= 11 is 5.85. The van der Waals surface area contributed by atoms with Crippen molar-refractivity contribution in [2.45, 2.75) is 0 Å². The van der Waals surface area contributed by atoms with Crippen molar-refractivity contribution in [3.05, 3.63) is 53.7 Å². The molecule has 3 heterocycles. The van der Waals surface area contributed by atoms with Gasteiger partial charge in [0.2, 0.25) is 0 Å². The number of benzene rings is 1. The predicted octanol–water partition coefficient (Wildman–Crippen LogP) is 4.31. The van der Waals surface area contributed by atoms with Crippen LogP contribution in [-0.2, 0) is 0 Å². The number of furan rings is 1. The summed E-state index contributed by atoms with van der Waals surface area (Å²) in [6.07, 6.45) is 3.06. The van der Waals surface area contributed by atoms with Gasteiger partial charge in [0.15, 0.2) is 17.0 Å². The third-order valence-corrected chi connectivity index (χ3v) is 3.35. The van der Waals surface area contributed by atoms with Gasteiger partial charge in [-0.15, -0.1) is 0 Å². The van der Waals surface area contributed by atoms with Gasteiger partial charge in [-0.1, -0.05) is 11.6 Å². The summed E-state index contributed by atoms with van der Waals surface area (Å²) in [5.74, 6) is -0.0174. The average molecular weight is 315 g/mol. The third-order valence-electron chi connectivity index (χ3n) is 3.14. The van der Waals surface area contributed by atoms with Crippen molar-refractivity contribution in [2.24, 2.45) is 0 Å². The molecule has 0 radical (unpaired) electrons. The van der Waals surface area contributed by atoms with Crippen molar-refractivity contribution in [1.82, 2.24) is 15.0 Å². The SMILES string of the molecule is Fc1cc(Cl)cc(Nc2ncnc3c2oc2cccnc23)c1. The van der Waals surface area contributed by atoms with Gasteiger partial charge in [0.1, 0.15) is 23.2 Å². The van der Waals surface area contributed by atoms with Gasteiger partial charge in [0.25, 0.3) is 0 Å². The first kappa shape index (κ1) is 13.0. The van der Waals surface area contributed by atoms with Crippen LogP contribution in [0.1, 0.15) is 0 Å². The summed E-state index contributed by atoms with van der Waals surface area (Å²) in [4.78, 5) is 12.6. The molecule has 0 aliphatic carbocycles. The van der Waals surface area contributed by atoms with E-state index in [2.05, 4.69) is 20.3 Å². The Bertz CT molecular complexity index is 981. The number of nitrogens with zero attached hydrogens (tertiary/aromatic N) is 3. The van der Waals surface area contributed by atoms with Gasteiger partial charge in [0.05, 0.1) is 0 Å². The standard InChI is InChI=1S/C15H8ClFN4O/c16-8-4-9(17)6-10(5-8)21-15-14-13(19-7-20-15)12-11(22-14)2-1-3-18-12/h1-7H,(H,19,20,21). The van der Waals surface area contributed by atoms with Gasteiger partial charge in [-0.05, 0) is 30.3 Å². The van der Waals surface area contributed by atoms with Crippen molar-refractivity contribution in [3.63, 3.8) is 0 Å². The Balaban J connectivity index is 1.88. The minimum absolute atomic E-state index is 0.291. The molecular formula is C15H8ClFN4O. The number of hydrogen-bond donors (Lipinski definition) is 1. The minimum Gasteiger partial charge on any atom is -0.449 e. The summed E-state index contributed by atoms with van der Waals surface area (Å²) in [5, 5.41) is 3.28. The molecule has 7 heteroatoms. The fourth-order valence-corrected chi connectivity index (χ4v) is 2.47. The number of hydrogen-bond acceptors (Lipinski definition) is 5. The van der Waals surface area contributed by atoms with E-state index in [0.717, 1.165) is 0 Å². The summed E-state index contributed by atoms with van der Waals surface area (Å²) in [7, 11) is 0. The lowest BCUT2D eigenvalue weighted by molar-refractivity contribution is 0.628. The lowest BCUT2D eigenvalue weighted by Crippen LogP contribution is -1.95. The van der Waals surface area contributed by atoms with Crippen LogP contribution in [0.2, 0.25) is 5.02 Å². The predicted molar refractivity (Wildman–Crippen MR) is 81.8 cm³/mol.